The van der Waals surface area contributed by atoms with E-state index >= 15 is 0 Å². The maximum Gasteiger partial charge on any atom is 0.407 e. The molecule has 0 atom stereocenters. The van der Waals surface area contributed by atoms with Gasteiger partial charge in [0.15, 0.2) is 0 Å². The minimum absolute atomic E-state index is 0.320. The predicted octanol–water partition coefficient (Wildman–Crippen LogP) is 1.87. The molecule has 1 aliphatic heterocycles. The van der Waals surface area contributed by atoms with Crippen molar-refractivity contribution >= 4 is 6.09 Å². The minimum Gasteiger partial charge on any atom is -0.465 e. The van der Waals surface area contributed by atoms with Crippen molar-refractivity contribution in [1.82, 2.24) is 4.90 Å². The number of carbonyl (C=O) groups is 1. The Balaban J connectivity index is 1.99. The highest BCUT2D eigenvalue weighted by Gasteiger charge is 2.33. The molecule has 1 amide bonds. The Morgan fingerprint density at radius 1 is 1.39 bits per heavy atom. The predicted molar refractivity (Wildman–Crippen MR) is 63.9 cm³/mol. The second-order valence-electron chi connectivity index (χ2n) is 4.80. The molecule has 2 rings (SSSR count). The van der Waals surface area contributed by atoms with E-state index in [1.807, 2.05) is 0 Å². The summed E-state index contributed by atoms with van der Waals surface area (Å²) in [4.78, 5) is 12.1. The van der Waals surface area contributed by atoms with Gasteiger partial charge in [-0.05, 0) is 30.5 Å². The topological polar surface area (TPSA) is 60.8 Å². The summed E-state index contributed by atoms with van der Waals surface area (Å²) >= 11 is 0. The molecule has 0 spiro atoms. The number of rotatable bonds is 2. The molecule has 1 aromatic rings. The number of carboxylic acid groups (broad SMARTS) is 1. The second kappa shape index (κ2) is 4.94. The molecular formula is C13H16FNO3. The first kappa shape index (κ1) is 12.8. The Labute approximate surface area is 105 Å². The van der Waals surface area contributed by atoms with Crippen LogP contribution < -0.4 is 0 Å². The van der Waals surface area contributed by atoms with Gasteiger partial charge in [0.25, 0.3) is 0 Å². The molecule has 4 nitrogen and oxygen atoms in total. The zero-order chi connectivity index (χ0) is 13.2. The molecule has 0 saturated carbocycles. The maximum absolute atomic E-state index is 13.0. The smallest absolute Gasteiger partial charge is 0.407 e. The zero-order valence-corrected chi connectivity index (χ0v) is 9.97. The third-order valence-electron chi connectivity index (χ3n) is 3.39. The third-order valence-corrected chi connectivity index (χ3v) is 3.39. The lowest BCUT2D eigenvalue weighted by Gasteiger charge is -2.37. The average molecular weight is 253 g/mol. The van der Waals surface area contributed by atoms with Gasteiger partial charge in [0.05, 0.1) is 5.60 Å². The number of piperidine rings is 1. The number of likely N-dealkylation sites (tertiary alicyclic amines) is 1. The van der Waals surface area contributed by atoms with E-state index in [4.69, 9.17) is 5.11 Å². The van der Waals surface area contributed by atoms with Gasteiger partial charge in [-0.1, -0.05) is 12.1 Å². The Morgan fingerprint density at radius 2 is 2.06 bits per heavy atom. The monoisotopic (exact) mass is 253 g/mol. The molecule has 1 saturated heterocycles. The summed E-state index contributed by atoms with van der Waals surface area (Å²) in [6.45, 7) is 0.641. The van der Waals surface area contributed by atoms with Crippen molar-refractivity contribution in [1.29, 1.82) is 0 Å². The van der Waals surface area contributed by atoms with Crippen LogP contribution in [0.4, 0.5) is 9.18 Å². The molecule has 18 heavy (non-hydrogen) atoms. The highest BCUT2D eigenvalue weighted by Crippen LogP contribution is 2.26. The van der Waals surface area contributed by atoms with Crippen LogP contribution in [0.25, 0.3) is 0 Å². The van der Waals surface area contributed by atoms with Crippen LogP contribution in [0.2, 0.25) is 0 Å². The van der Waals surface area contributed by atoms with E-state index in [9.17, 15) is 14.3 Å². The summed E-state index contributed by atoms with van der Waals surface area (Å²) in [6, 6.07) is 6.15. The lowest BCUT2D eigenvalue weighted by molar-refractivity contribution is -0.0162. The SMILES string of the molecule is O=C(O)N1CCC(O)(Cc2cccc(F)c2)CC1. The van der Waals surface area contributed by atoms with Gasteiger partial charge in [-0.2, -0.15) is 0 Å². The third kappa shape index (κ3) is 2.98. The largest absolute Gasteiger partial charge is 0.465 e. The highest BCUT2D eigenvalue weighted by atomic mass is 19.1. The van der Waals surface area contributed by atoms with Crippen LogP contribution in [0, 0.1) is 5.82 Å². The van der Waals surface area contributed by atoms with Gasteiger partial charge < -0.3 is 15.1 Å². The van der Waals surface area contributed by atoms with Gasteiger partial charge in [0.1, 0.15) is 5.82 Å². The fourth-order valence-corrected chi connectivity index (χ4v) is 2.32. The number of hydrogen-bond donors (Lipinski definition) is 2. The Bertz CT molecular complexity index is 442. The quantitative estimate of drug-likeness (QED) is 0.846. The van der Waals surface area contributed by atoms with E-state index in [2.05, 4.69) is 0 Å². The van der Waals surface area contributed by atoms with Gasteiger partial charge in [-0.3, -0.25) is 0 Å². The lowest BCUT2D eigenvalue weighted by atomic mass is 9.85. The molecule has 98 valence electrons. The van der Waals surface area contributed by atoms with E-state index < -0.39 is 11.7 Å². The molecule has 2 N–H and O–H groups in total. The van der Waals surface area contributed by atoms with Crippen molar-refractivity contribution < 1.29 is 19.4 Å². The number of halogens is 1. The summed E-state index contributed by atoms with van der Waals surface area (Å²) in [7, 11) is 0. The number of aliphatic hydroxyl groups is 1. The molecule has 1 heterocycles. The normalized spacial score (nSPS) is 18.7. The van der Waals surface area contributed by atoms with E-state index in [0.29, 0.717) is 32.4 Å². The summed E-state index contributed by atoms with van der Waals surface area (Å²) in [5.74, 6) is -0.320. The van der Waals surface area contributed by atoms with Crippen molar-refractivity contribution in [2.24, 2.45) is 0 Å². The summed E-state index contributed by atoms with van der Waals surface area (Å²) in [6.07, 6.45) is 0.173. The molecular weight excluding hydrogens is 237 g/mol. The zero-order valence-electron chi connectivity index (χ0n) is 9.97. The van der Waals surface area contributed by atoms with Crippen molar-refractivity contribution in [3.05, 3.63) is 35.6 Å². The van der Waals surface area contributed by atoms with Crippen LogP contribution in [0.15, 0.2) is 24.3 Å². The van der Waals surface area contributed by atoms with Gasteiger partial charge in [0.2, 0.25) is 0 Å². The van der Waals surface area contributed by atoms with Crippen LogP contribution in [0.3, 0.4) is 0 Å². The first-order valence-corrected chi connectivity index (χ1v) is 5.93. The fraction of sp³-hybridized carbons (Fsp3) is 0.462. The maximum atomic E-state index is 13.0. The molecule has 5 heteroatoms. The molecule has 0 aromatic heterocycles. The molecule has 0 radical (unpaired) electrons. The van der Waals surface area contributed by atoms with Crippen LogP contribution in [0.5, 0.6) is 0 Å². The Kier molecular flexibility index (Phi) is 3.52. The Morgan fingerprint density at radius 3 is 2.61 bits per heavy atom. The highest BCUT2D eigenvalue weighted by molar-refractivity contribution is 5.65. The first-order valence-electron chi connectivity index (χ1n) is 5.93. The van der Waals surface area contributed by atoms with E-state index in [1.54, 1.807) is 12.1 Å². The lowest BCUT2D eigenvalue weighted by Crippen LogP contribution is -2.47. The van der Waals surface area contributed by atoms with Gasteiger partial charge in [-0.15, -0.1) is 0 Å². The molecule has 0 bridgehead atoms. The van der Waals surface area contributed by atoms with Gasteiger partial charge in [-0.25, -0.2) is 9.18 Å². The van der Waals surface area contributed by atoms with Crippen molar-refractivity contribution in [2.75, 3.05) is 13.1 Å². The van der Waals surface area contributed by atoms with Gasteiger partial charge in [0, 0.05) is 19.5 Å². The van der Waals surface area contributed by atoms with Crippen LogP contribution in [-0.4, -0.2) is 39.9 Å². The molecule has 0 unspecified atom stereocenters. The Hall–Kier alpha value is -1.62. The summed E-state index contributed by atoms with van der Waals surface area (Å²) in [5.41, 5.74) is -0.194. The minimum atomic E-state index is -0.956. The molecule has 1 aliphatic rings. The van der Waals surface area contributed by atoms with Crippen LogP contribution >= 0.6 is 0 Å². The van der Waals surface area contributed by atoms with E-state index in [1.165, 1.54) is 17.0 Å². The molecule has 1 fully saturated rings. The van der Waals surface area contributed by atoms with Crippen LogP contribution in [-0.2, 0) is 6.42 Å². The van der Waals surface area contributed by atoms with Crippen molar-refractivity contribution in [2.45, 2.75) is 24.9 Å². The first-order chi connectivity index (χ1) is 8.48. The van der Waals surface area contributed by atoms with E-state index in [-0.39, 0.29) is 5.82 Å². The standard InChI is InChI=1S/C13H16FNO3/c14-11-3-1-2-10(8-11)9-13(18)4-6-15(7-5-13)12(16)17/h1-3,8,18H,4-7,9H2,(H,16,17). The molecule has 0 aliphatic carbocycles. The average Bonchev–Trinajstić information content (AvgIpc) is 2.29. The second-order valence-corrected chi connectivity index (χ2v) is 4.80. The fourth-order valence-electron chi connectivity index (χ4n) is 2.32. The summed E-state index contributed by atoms with van der Waals surface area (Å²) in [5, 5.41) is 19.2. The summed E-state index contributed by atoms with van der Waals surface area (Å²) < 4.78 is 13.0. The molecule has 1 aromatic carbocycles. The number of hydrogen-bond acceptors (Lipinski definition) is 2. The van der Waals surface area contributed by atoms with Crippen molar-refractivity contribution in [3.63, 3.8) is 0 Å². The van der Waals surface area contributed by atoms with Crippen LogP contribution in [0.1, 0.15) is 18.4 Å². The number of nitrogens with zero attached hydrogens (tertiary/aromatic N) is 1. The van der Waals surface area contributed by atoms with Crippen molar-refractivity contribution in [3.8, 4) is 0 Å². The number of benzene rings is 1. The number of amides is 1. The van der Waals surface area contributed by atoms with E-state index in [0.717, 1.165) is 5.56 Å². The van der Waals surface area contributed by atoms with Gasteiger partial charge >= 0.3 is 6.09 Å².